The molecule has 5 heteroatoms. The topological polar surface area (TPSA) is 60.2 Å². The summed E-state index contributed by atoms with van der Waals surface area (Å²) in [4.78, 5) is 1.46. The highest BCUT2D eigenvalue weighted by atomic mass is 16.5. The average Bonchev–Trinajstić information content (AvgIpc) is 3.11. The average molecular weight is 367 g/mol. The second-order valence-electron chi connectivity index (χ2n) is 7.06. The Morgan fingerprint density at radius 1 is 1.00 bits per heavy atom. The van der Waals surface area contributed by atoms with Crippen molar-refractivity contribution < 1.29 is 9.84 Å². The van der Waals surface area contributed by atoms with Gasteiger partial charge in [0.2, 0.25) is 0 Å². The maximum absolute atomic E-state index is 10.4. The molecule has 0 spiro atoms. The van der Waals surface area contributed by atoms with Crippen LogP contribution >= 0.6 is 0 Å². The zero-order chi connectivity index (χ0) is 19.1. The van der Waals surface area contributed by atoms with Crippen LogP contribution in [0.4, 0.5) is 0 Å². The zero-order valence-electron chi connectivity index (χ0n) is 16.3. The smallest absolute Gasteiger partial charge is 0.146 e. The molecule has 1 heterocycles. The molecule has 0 aliphatic heterocycles. The van der Waals surface area contributed by atoms with Gasteiger partial charge in [0.1, 0.15) is 28.2 Å². The minimum absolute atomic E-state index is 0.115. The molecule has 144 valence electrons. The fourth-order valence-electron chi connectivity index (χ4n) is 3.21. The first-order valence-corrected chi connectivity index (χ1v) is 9.99. The molecule has 3 aromatic rings. The van der Waals surface area contributed by atoms with E-state index in [1.54, 1.807) is 12.1 Å². The van der Waals surface area contributed by atoms with Gasteiger partial charge >= 0.3 is 0 Å². The third kappa shape index (κ3) is 5.00. The number of rotatable bonds is 10. The number of fused-ring (bicyclic) bond motifs is 1. The standard InChI is InChI=1S/C22H29N3O2/c1-3-5-6-7-10-17(4-2)16-27-18-13-14-21(22(26)15-18)25-23-19-11-8-9-12-20(19)24-25/h8-9,11-15,17,26H,3-7,10,16H2,1-2H3. The van der Waals surface area contributed by atoms with E-state index in [9.17, 15) is 5.11 Å². The normalized spacial score (nSPS) is 12.4. The zero-order valence-corrected chi connectivity index (χ0v) is 16.3. The van der Waals surface area contributed by atoms with E-state index < -0.39 is 0 Å². The van der Waals surface area contributed by atoms with Gasteiger partial charge < -0.3 is 9.84 Å². The van der Waals surface area contributed by atoms with Crippen LogP contribution in [-0.4, -0.2) is 26.7 Å². The van der Waals surface area contributed by atoms with Gasteiger partial charge in [-0.25, -0.2) is 0 Å². The third-order valence-corrected chi connectivity index (χ3v) is 4.98. The minimum atomic E-state index is 0.115. The minimum Gasteiger partial charge on any atom is -0.505 e. The van der Waals surface area contributed by atoms with Crippen molar-refractivity contribution in [1.29, 1.82) is 0 Å². The highest BCUT2D eigenvalue weighted by molar-refractivity contribution is 5.73. The highest BCUT2D eigenvalue weighted by Crippen LogP contribution is 2.27. The Balaban J connectivity index is 1.62. The van der Waals surface area contributed by atoms with Gasteiger partial charge in [0.05, 0.1) is 6.61 Å². The molecule has 1 unspecified atom stereocenters. The Hall–Kier alpha value is -2.56. The highest BCUT2D eigenvalue weighted by Gasteiger charge is 2.11. The Morgan fingerprint density at radius 3 is 2.37 bits per heavy atom. The van der Waals surface area contributed by atoms with Crippen LogP contribution in [0.25, 0.3) is 16.7 Å². The first-order valence-electron chi connectivity index (χ1n) is 9.99. The summed E-state index contributed by atoms with van der Waals surface area (Å²) < 4.78 is 5.94. The van der Waals surface area contributed by atoms with Crippen LogP contribution in [0.3, 0.4) is 0 Å². The second-order valence-corrected chi connectivity index (χ2v) is 7.06. The summed E-state index contributed by atoms with van der Waals surface area (Å²) >= 11 is 0. The van der Waals surface area contributed by atoms with Crippen molar-refractivity contribution in [1.82, 2.24) is 15.0 Å². The summed E-state index contributed by atoms with van der Waals surface area (Å²) in [6, 6.07) is 13.0. The maximum Gasteiger partial charge on any atom is 0.146 e. The van der Waals surface area contributed by atoms with Crippen molar-refractivity contribution in [2.75, 3.05) is 6.61 Å². The number of nitrogens with zero attached hydrogens (tertiary/aromatic N) is 3. The first kappa shape index (κ1) is 19.2. The summed E-state index contributed by atoms with van der Waals surface area (Å²) in [5.41, 5.74) is 2.14. The number of aromatic hydroxyl groups is 1. The van der Waals surface area contributed by atoms with Gasteiger partial charge in [0.25, 0.3) is 0 Å². The molecule has 27 heavy (non-hydrogen) atoms. The van der Waals surface area contributed by atoms with Gasteiger partial charge in [-0.3, -0.25) is 0 Å². The van der Waals surface area contributed by atoms with Gasteiger partial charge in [0.15, 0.2) is 0 Å². The van der Waals surface area contributed by atoms with Crippen LogP contribution in [0.5, 0.6) is 11.5 Å². The van der Waals surface area contributed by atoms with Gasteiger partial charge in [-0.2, -0.15) is 0 Å². The summed E-state index contributed by atoms with van der Waals surface area (Å²) in [5, 5.41) is 19.2. The van der Waals surface area contributed by atoms with Crippen molar-refractivity contribution in [3.63, 3.8) is 0 Å². The number of unbranched alkanes of at least 4 members (excludes halogenated alkanes) is 3. The molecule has 5 nitrogen and oxygen atoms in total. The van der Waals surface area contributed by atoms with E-state index in [1.165, 1.54) is 36.9 Å². The maximum atomic E-state index is 10.4. The lowest BCUT2D eigenvalue weighted by Crippen LogP contribution is -2.11. The summed E-state index contributed by atoms with van der Waals surface area (Å²) in [5.74, 6) is 1.35. The second kappa shape index (κ2) is 9.40. The van der Waals surface area contributed by atoms with Gasteiger partial charge in [-0.05, 0) is 36.6 Å². The van der Waals surface area contributed by atoms with Crippen LogP contribution in [0.15, 0.2) is 42.5 Å². The number of benzene rings is 2. The van der Waals surface area contributed by atoms with Crippen molar-refractivity contribution in [2.24, 2.45) is 5.92 Å². The number of phenolic OH excluding ortho intramolecular Hbond substituents is 1. The van der Waals surface area contributed by atoms with E-state index in [1.807, 2.05) is 30.3 Å². The van der Waals surface area contributed by atoms with Crippen LogP contribution in [-0.2, 0) is 0 Å². The summed E-state index contributed by atoms with van der Waals surface area (Å²) in [6.07, 6.45) is 7.44. The van der Waals surface area contributed by atoms with E-state index in [4.69, 9.17) is 4.74 Å². The number of ether oxygens (including phenoxy) is 1. The molecule has 0 aliphatic rings. The van der Waals surface area contributed by atoms with E-state index in [0.717, 1.165) is 17.5 Å². The van der Waals surface area contributed by atoms with Gasteiger partial charge in [0, 0.05) is 6.07 Å². The number of hydrogen-bond donors (Lipinski definition) is 1. The number of phenols is 1. The largest absolute Gasteiger partial charge is 0.505 e. The SMILES string of the molecule is CCCCCCC(CC)COc1ccc(-n2nc3ccccc3n2)c(O)c1. The predicted molar refractivity (Wildman–Crippen MR) is 109 cm³/mol. The summed E-state index contributed by atoms with van der Waals surface area (Å²) in [6.45, 7) is 5.13. The molecule has 1 N–H and O–H groups in total. The summed E-state index contributed by atoms with van der Waals surface area (Å²) in [7, 11) is 0. The van der Waals surface area contributed by atoms with Gasteiger partial charge in [-0.1, -0.05) is 58.1 Å². The van der Waals surface area contributed by atoms with E-state index in [0.29, 0.717) is 24.0 Å². The molecule has 0 saturated heterocycles. The van der Waals surface area contributed by atoms with Crippen LogP contribution in [0.1, 0.15) is 52.4 Å². The van der Waals surface area contributed by atoms with Crippen molar-refractivity contribution >= 4 is 11.0 Å². The lowest BCUT2D eigenvalue weighted by Gasteiger charge is -2.16. The van der Waals surface area contributed by atoms with Crippen molar-refractivity contribution in [2.45, 2.75) is 52.4 Å². The molecule has 2 aromatic carbocycles. The lowest BCUT2D eigenvalue weighted by atomic mass is 9.99. The lowest BCUT2D eigenvalue weighted by molar-refractivity contribution is 0.231. The molecular weight excluding hydrogens is 338 g/mol. The van der Waals surface area contributed by atoms with Crippen LogP contribution < -0.4 is 4.74 Å². The molecule has 1 aromatic heterocycles. The van der Waals surface area contributed by atoms with Crippen molar-refractivity contribution in [3.05, 3.63) is 42.5 Å². The Bertz CT molecular complexity index is 827. The third-order valence-electron chi connectivity index (χ3n) is 4.98. The molecule has 1 atom stereocenters. The molecule has 0 bridgehead atoms. The number of hydrogen-bond acceptors (Lipinski definition) is 4. The molecule has 0 radical (unpaired) electrons. The molecule has 0 aliphatic carbocycles. The van der Waals surface area contributed by atoms with Crippen LogP contribution in [0.2, 0.25) is 0 Å². The fraction of sp³-hybridized carbons (Fsp3) is 0.455. The van der Waals surface area contributed by atoms with Crippen molar-refractivity contribution in [3.8, 4) is 17.2 Å². The molecular formula is C22H29N3O2. The van der Waals surface area contributed by atoms with E-state index in [-0.39, 0.29) is 5.75 Å². The Morgan fingerprint density at radius 2 is 1.74 bits per heavy atom. The van der Waals surface area contributed by atoms with E-state index >= 15 is 0 Å². The monoisotopic (exact) mass is 367 g/mol. The Kier molecular flexibility index (Phi) is 6.69. The van der Waals surface area contributed by atoms with Crippen LogP contribution in [0, 0.1) is 5.92 Å². The molecule has 0 saturated carbocycles. The molecule has 0 fully saturated rings. The quantitative estimate of drug-likeness (QED) is 0.481. The van der Waals surface area contributed by atoms with Gasteiger partial charge in [-0.15, -0.1) is 15.0 Å². The first-order chi connectivity index (χ1) is 13.2. The fourth-order valence-corrected chi connectivity index (χ4v) is 3.21. The predicted octanol–water partition coefficient (Wildman–Crippen LogP) is 5.50. The van der Waals surface area contributed by atoms with E-state index in [2.05, 4.69) is 24.0 Å². The Labute approximate surface area is 161 Å². The molecule has 0 amide bonds. The molecule has 3 rings (SSSR count). The number of aromatic nitrogens is 3.